The first kappa shape index (κ1) is 23.0. The Morgan fingerprint density at radius 1 is 1.47 bits per heavy atom. The summed E-state index contributed by atoms with van der Waals surface area (Å²) in [5.41, 5.74) is 0.535. The second-order valence-electron chi connectivity index (χ2n) is 9.27. The van der Waals surface area contributed by atoms with Crippen LogP contribution in [0.5, 0.6) is 0 Å². The molecular formula is C21H33ClN4O4. The SMILES string of the molecule is COC[C@@H](O)CNC(=O)CCn1ncc(N[C@@H]2C[C@H]3C[C@@H]([C@H]2C)C3(C)C)c(Cl)c1=O. The Bertz CT molecular complexity index is 828. The number of aryl methyl sites for hydroxylation is 1. The molecule has 3 N–H and O–H groups in total. The Kier molecular flexibility index (Phi) is 7.09. The number of aliphatic hydroxyl groups excluding tert-OH is 1. The van der Waals surface area contributed by atoms with Gasteiger partial charge in [0.25, 0.3) is 5.56 Å². The molecule has 4 rings (SSSR count). The largest absolute Gasteiger partial charge is 0.389 e. The second kappa shape index (κ2) is 9.24. The molecule has 0 unspecified atom stereocenters. The fourth-order valence-corrected chi connectivity index (χ4v) is 5.24. The molecule has 0 aliphatic heterocycles. The number of amides is 1. The molecule has 0 spiro atoms. The molecule has 2 bridgehead atoms. The van der Waals surface area contributed by atoms with Crippen molar-refractivity contribution in [2.75, 3.05) is 25.6 Å². The van der Waals surface area contributed by atoms with Gasteiger partial charge in [0.2, 0.25) is 5.91 Å². The van der Waals surface area contributed by atoms with Gasteiger partial charge < -0.3 is 20.5 Å². The topological polar surface area (TPSA) is 105 Å². The van der Waals surface area contributed by atoms with Crippen LogP contribution in [0, 0.1) is 23.2 Å². The Morgan fingerprint density at radius 2 is 2.20 bits per heavy atom. The molecule has 3 saturated carbocycles. The lowest BCUT2D eigenvalue weighted by Crippen LogP contribution is -2.58. The van der Waals surface area contributed by atoms with Crippen LogP contribution in [0.3, 0.4) is 0 Å². The van der Waals surface area contributed by atoms with Crippen molar-refractivity contribution in [1.82, 2.24) is 15.1 Å². The summed E-state index contributed by atoms with van der Waals surface area (Å²) in [5.74, 6) is 1.60. The van der Waals surface area contributed by atoms with E-state index in [1.54, 1.807) is 6.20 Å². The van der Waals surface area contributed by atoms with Crippen molar-refractivity contribution in [3.05, 3.63) is 21.6 Å². The number of anilines is 1. The lowest BCUT2D eigenvalue weighted by Gasteiger charge is -2.62. The monoisotopic (exact) mass is 440 g/mol. The first-order valence-electron chi connectivity index (χ1n) is 10.6. The molecule has 0 radical (unpaired) electrons. The second-order valence-corrected chi connectivity index (χ2v) is 9.65. The maximum absolute atomic E-state index is 12.6. The van der Waals surface area contributed by atoms with Crippen molar-refractivity contribution in [1.29, 1.82) is 0 Å². The zero-order valence-corrected chi connectivity index (χ0v) is 18.9. The molecule has 3 aliphatic rings. The van der Waals surface area contributed by atoms with Crippen molar-refractivity contribution < 1.29 is 14.6 Å². The van der Waals surface area contributed by atoms with Crippen LogP contribution in [-0.4, -0.2) is 53.2 Å². The Morgan fingerprint density at radius 3 is 2.83 bits per heavy atom. The molecule has 9 heteroatoms. The third-order valence-corrected chi connectivity index (χ3v) is 7.49. The average molecular weight is 441 g/mol. The van der Waals surface area contributed by atoms with Gasteiger partial charge in [0.1, 0.15) is 5.02 Å². The van der Waals surface area contributed by atoms with Crippen molar-refractivity contribution >= 4 is 23.2 Å². The summed E-state index contributed by atoms with van der Waals surface area (Å²) in [5, 5.41) is 19.9. The van der Waals surface area contributed by atoms with E-state index in [2.05, 4.69) is 36.5 Å². The van der Waals surface area contributed by atoms with E-state index in [0.717, 1.165) is 6.42 Å². The number of hydrogen-bond donors (Lipinski definition) is 3. The minimum atomic E-state index is -0.765. The molecule has 3 fully saturated rings. The molecule has 1 aromatic heterocycles. The zero-order chi connectivity index (χ0) is 22.1. The number of rotatable bonds is 9. The van der Waals surface area contributed by atoms with Crippen molar-refractivity contribution in [3.8, 4) is 0 Å². The summed E-state index contributed by atoms with van der Waals surface area (Å²) >= 11 is 6.34. The molecule has 1 heterocycles. The van der Waals surface area contributed by atoms with Crippen molar-refractivity contribution in [2.45, 2.75) is 58.7 Å². The molecule has 1 amide bonds. The van der Waals surface area contributed by atoms with E-state index in [1.165, 1.54) is 18.2 Å². The van der Waals surface area contributed by atoms with E-state index in [-0.39, 0.29) is 43.1 Å². The van der Waals surface area contributed by atoms with Gasteiger partial charge in [-0.3, -0.25) is 9.59 Å². The van der Waals surface area contributed by atoms with Gasteiger partial charge in [-0.25, -0.2) is 4.68 Å². The van der Waals surface area contributed by atoms with E-state index in [4.69, 9.17) is 16.3 Å². The van der Waals surface area contributed by atoms with Crippen LogP contribution < -0.4 is 16.2 Å². The zero-order valence-electron chi connectivity index (χ0n) is 18.2. The lowest BCUT2D eigenvalue weighted by molar-refractivity contribution is -0.122. The molecule has 0 saturated heterocycles. The number of carbonyl (C=O) groups excluding carboxylic acids is 1. The maximum atomic E-state index is 12.6. The number of aromatic nitrogens is 2. The van der Waals surface area contributed by atoms with Gasteiger partial charge in [0.15, 0.2) is 0 Å². The first-order chi connectivity index (χ1) is 14.1. The fraction of sp³-hybridized carbons (Fsp3) is 0.762. The minimum Gasteiger partial charge on any atom is -0.389 e. The average Bonchev–Trinajstić information content (AvgIpc) is 2.70. The van der Waals surface area contributed by atoms with Crippen LogP contribution in [0.2, 0.25) is 5.02 Å². The number of hydrogen-bond acceptors (Lipinski definition) is 6. The Hall–Kier alpha value is -1.64. The van der Waals surface area contributed by atoms with Crippen LogP contribution in [0.25, 0.3) is 0 Å². The Labute approximate surface area is 182 Å². The number of nitrogens with one attached hydrogen (secondary N) is 2. The first-order valence-corrected chi connectivity index (χ1v) is 11.0. The summed E-state index contributed by atoms with van der Waals surface area (Å²) in [6.07, 6.45) is 3.22. The number of aliphatic hydroxyl groups is 1. The van der Waals surface area contributed by atoms with Crippen LogP contribution in [0.1, 0.15) is 40.0 Å². The minimum absolute atomic E-state index is 0.0633. The van der Waals surface area contributed by atoms with E-state index >= 15 is 0 Å². The lowest BCUT2D eigenvalue weighted by atomic mass is 9.45. The summed E-state index contributed by atoms with van der Waals surface area (Å²) in [6, 6.07) is 0.278. The molecule has 8 nitrogen and oxygen atoms in total. The quantitative estimate of drug-likeness (QED) is 0.541. The summed E-state index contributed by atoms with van der Waals surface area (Å²) in [4.78, 5) is 24.5. The van der Waals surface area contributed by atoms with Gasteiger partial charge in [-0.2, -0.15) is 5.10 Å². The molecule has 0 aromatic carbocycles. The van der Waals surface area contributed by atoms with Crippen LogP contribution >= 0.6 is 11.6 Å². The van der Waals surface area contributed by atoms with E-state index < -0.39 is 11.7 Å². The van der Waals surface area contributed by atoms with Gasteiger partial charge in [-0.15, -0.1) is 0 Å². The van der Waals surface area contributed by atoms with E-state index in [0.29, 0.717) is 28.9 Å². The van der Waals surface area contributed by atoms with E-state index in [9.17, 15) is 14.7 Å². The summed E-state index contributed by atoms with van der Waals surface area (Å²) in [6.45, 7) is 7.32. The number of nitrogens with zero attached hydrogens (tertiary/aromatic N) is 2. The van der Waals surface area contributed by atoms with Crippen molar-refractivity contribution in [2.24, 2.45) is 23.2 Å². The normalized spacial score (nSPS) is 27.8. The highest BCUT2D eigenvalue weighted by atomic mass is 35.5. The third-order valence-electron chi connectivity index (χ3n) is 7.12. The molecule has 1 aromatic rings. The summed E-state index contributed by atoms with van der Waals surface area (Å²) < 4.78 is 6.01. The highest BCUT2D eigenvalue weighted by Crippen LogP contribution is 2.61. The van der Waals surface area contributed by atoms with E-state index in [1.807, 2.05) is 0 Å². The van der Waals surface area contributed by atoms with Gasteiger partial charge in [0, 0.05) is 26.1 Å². The van der Waals surface area contributed by atoms with Crippen LogP contribution in [-0.2, 0) is 16.1 Å². The predicted molar refractivity (Wildman–Crippen MR) is 116 cm³/mol. The molecular weight excluding hydrogens is 408 g/mol. The van der Waals surface area contributed by atoms with Crippen LogP contribution in [0.4, 0.5) is 5.69 Å². The Balaban J connectivity index is 1.56. The molecule has 168 valence electrons. The highest BCUT2D eigenvalue weighted by molar-refractivity contribution is 6.32. The van der Waals surface area contributed by atoms with Gasteiger partial charge in [-0.05, 0) is 36.0 Å². The number of methoxy groups -OCH3 is 1. The molecule has 3 aliphatic carbocycles. The highest BCUT2D eigenvalue weighted by Gasteiger charge is 2.56. The summed E-state index contributed by atoms with van der Waals surface area (Å²) in [7, 11) is 1.48. The standard InChI is InChI=1S/C21H33ClN4O4/c1-12-15-7-13(21(15,2)3)8-16(12)25-17-10-24-26(20(29)19(17)22)6-5-18(28)23-9-14(27)11-30-4/h10,12-16,25,27H,5-9,11H2,1-4H3,(H,23,28)/t12-,13-,14+,15+,16-/m1/s1. The van der Waals surface area contributed by atoms with Crippen molar-refractivity contribution in [3.63, 3.8) is 0 Å². The van der Waals surface area contributed by atoms with Gasteiger partial charge in [-0.1, -0.05) is 32.4 Å². The van der Waals surface area contributed by atoms with Gasteiger partial charge >= 0.3 is 0 Å². The molecule has 5 atom stereocenters. The smallest absolute Gasteiger partial charge is 0.287 e. The predicted octanol–water partition coefficient (Wildman–Crippen LogP) is 1.89. The fourth-order valence-electron chi connectivity index (χ4n) is 5.04. The third kappa shape index (κ3) is 4.65. The maximum Gasteiger partial charge on any atom is 0.287 e. The molecule has 30 heavy (non-hydrogen) atoms. The number of carbonyl (C=O) groups is 1. The van der Waals surface area contributed by atoms with Crippen LogP contribution in [0.15, 0.2) is 11.0 Å². The number of halogens is 1. The number of fused-ring (bicyclic) bond motifs is 2. The number of ether oxygens (including phenoxy) is 1. The van der Waals surface area contributed by atoms with Gasteiger partial charge in [0.05, 0.1) is 31.1 Å².